The molecule has 0 N–H and O–H groups in total. The van der Waals surface area contributed by atoms with Gasteiger partial charge in [0.05, 0.1) is 33.9 Å². The predicted octanol–water partition coefficient (Wildman–Crippen LogP) is 6.21. The van der Waals surface area contributed by atoms with Gasteiger partial charge in [-0.2, -0.15) is 0 Å². The summed E-state index contributed by atoms with van der Waals surface area (Å²) >= 11 is 6.43. The predicted molar refractivity (Wildman–Crippen MR) is 144 cm³/mol. The first-order valence-electron chi connectivity index (χ1n) is 11.8. The Kier molecular flexibility index (Phi) is 7.17. The summed E-state index contributed by atoms with van der Waals surface area (Å²) in [5.41, 5.74) is 1.15. The van der Waals surface area contributed by atoms with E-state index < -0.39 is 22.7 Å². The van der Waals surface area contributed by atoms with Crippen molar-refractivity contribution in [2.45, 2.75) is 6.61 Å². The Morgan fingerprint density at radius 3 is 2.20 bits per heavy atom. The number of benzene rings is 4. The molecule has 0 atom stereocenters. The summed E-state index contributed by atoms with van der Waals surface area (Å²) < 4.78 is 16.6. The number of halogens is 1. The number of hydrogen-bond acceptors (Lipinski definition) is 8. The van der Waals surface area contributed by atoms with Crippen LogP contribution in [0.1, 0.15) is 36.6 Å². The van der Waals surface area contributed by atoms with E-state index in [-0.39, 0.29) is 45.4 Å². The van der Waals surface area contributed by atoms with Crippen molar-refractivity contribution in [1.82, 2.24) is 0 Å². The lowest BCUT2D eigenvalue weighted by Crippen LogP contribution is -2.29. The van der Waals surface area contributed by atoms with E-state index in [1.807, 2.05) is 0 Å². The second kappa shape index (κ2) is 10.9. The largest absolute Gasteiger partial charge is 0.496 e. The van der Waals surface area contributed by atoms with Crippen molar-refractivity contribution in [3.05, 3.63) is 122 Å². The van der Waals surface area contributed by atoms with Gasteiger partial charge >= 0.3 is 5.97 Å². The standard InChI is InChI=1S/C29H19ClN2O8/c1-38-26-15-25(31-27(33)21-7-2-3-8-22(21)28(31)34)24(30)14-23(26)29(35)39-16-17-5-4-6-20(13-17)40-19-11-9-18(10-12-19)32(36)37/h2-15H,16H2,1H3. The fourth-order valence-corrected chi connectivity index (χ4v) is 4.40. The molecule has 0 saturated heterocycles. The Labute approximate surface area is 232 Å². The molecule has 1 aliphatic rings. The van der Waals surface area contributed by atoms with E-state index in [0.717, 1.165) is 4.90 Å². The van der Waals surface area contributed by atoms with Gasteiger partial charge < -0.3 is 14.2 Å². The molecule has 0 fully saturated rings. The van der Waals surface area contributed by atoms with E-state index in [2.05, 4.69) is 0 Å². The number of imide groups is 1. The number of non-ortho nitro benzene ring substituents is 1. The van der Waals surface area contributed by atoms with Crippen molar-refractivity contribution in [2.24, 2.45) is 0 Å². The third-order valence-electron chi connectivity index (χ3n) is 6.08. The molecule has 0 unspecified atom stereocenters. The van der Waals surface area contributed by atoms with Crippen molar-refractivity contribution in [3.8, 4) is 17.2 Å². The number of methoxy groups -OCH3 is 1. The van der Waals surface area contributed by atoms with Gasteiger partial charge in [-0.1, -0.05) is 35.9 Å². The molecule has 5 rings (SSSR count). The summed E-state index contributed by atoms with van der Waals surface area (Å²) in [6.07, 6.45) is 0. The van der Waals surface area contributed by atoms with Crippen LogP contribution in [-0.4, -0.2) is 29.8 Å². The monoisotopic (exact) mass is 558 g/mol. The van der Waals surface area contributed by atoms with Crippen LogP contribution in [0.5, 0.6) is 17.2 Å². The number of amides is 2. The molecule has 200 valence electrons. The van der Waals surface area contributed by atoms with Gasteiger partial charge in [0.2, 0.25) is 0 Å². The highest BCUT2D eigenvalue weighted by atomic mass is 35.5. The quantitative estimate of drug-likeness (QED) is 0.108. The van der Waals surface area contributed by atoms with E-state index in [9.17, 15) is 24.5 Å². The van der Waals surface area contributed by atoms with Crippen molar-refractivity contribution in [2.75, 3.05) is 12.0 Å². The molecule has 1 heterocycles. The van der Waals surface area contributed by atoms with Crippen LogP contribution in [0.4, 0.5) is 11.4 Å². The average molecular weight is 559 g/mol. The maximum atomic E-state index is 13.0. The zero-order valence-corrected chi connectivity index (χ0v) is 21.6. The first kappa shape index (κ1) is 26.4. The lowest BCUT2D eigenvalue weighted by atomic mass is 10.1. The van der Waals surface area contributed by atoms with Crippen LogP contribution < -0.4 is 14.4 Å². The number of rotatable bonds is 8. The summed E-state index contributed by atoms with van der Waals surface area (Å²) in [6.45, 7) is -0.114. The van der Waals surface area contributed by atoms with E-state index in [4.69, 9.17) is 25.8 Å². The normalized spacial score (nSPS) is 12.2. The van der Waals surface area contributed by atoms with Gasteiger partial charge in [0.25, 0.3) is 17.5 Å². The van der Waals surface area contributed by atoms with Gasteiger partial charge in [-0.25, -0.2) is 9.69 Å². The summed E-state index contributed by atoms with van der Waals surface area (Å²) in [5.74, 6) is -0.900. The molecule has 0 radical (unpaired) electrons. The molecule has 4 aromatic rings. The molecule has 0 saturated carbocycles. The summed E-state index contributed by atoms with van der Waals surface area (Å²) in [7, 11) is 1.34. The number of ether oxygens (including phenoxy) is 3. The topological polar surface area (TPSA) is 125 Å². The van der Waals surface area contributed by atoms with Gasteiger partial charge in [-0.3, -0.25) is 19.7 Å². The van der Waals surface area contributed by atoms with Gasteiger partial charge in [0.1, 0.15) is 29.4 Å². The van der Waals surface area contributed by atoms with E-state index in [1.165, 1.54) is 43.5 Å². The zero-order valence-electron chi connectivity index (χ0n) is 20.8. The number of carbonyl (C=O) groups excluding carboxylic acids is 3. The molecule has 0 aromatic heterocycles. The van der Waals surface area contributed by atoms with Gasteiger partial charge in [0, 0.05) is 18.2 Å². The van der Waals surface area contributed by atoms with E-state index in [0.29, 0.717) is 17.1 Å². The molecule has 0 bridgehead atoms. The minimum absolute atomic E-state index is 0.00569. The minimum Gasteiger partial charge on any atom is -0.496 e. The maximum Gasteiger partial charge on any atom is 0.342 e. The average Bonchev–Trinajstić information content (AvgIpc) is 3.21. The van der Waals surface area contributed by atoms with Crippen LogP contribution in [0.2, 0.25) is 5.02 Å². The lowest BCUT2D eigenvalue weighted by Gasteiger charge is -2.18. The van der Waals surface area contributed by atoms with Crippen LogP contribution >= 0.6 is 11.6 Å². The SMILES string of the molecule is COc1cc(N2C(=O)c3ccccc3C2=O)c(Cl)cc1C(=O)OCc1cccc(Oc2ccc([N+](=O)[O-])cc2)c1. The van der Waals surface area contributed by atoms with Crippen molar-refractivity contribution in [1.29, 1.82) is 0 Å². The first-order valence-corrected chi connectivity index (χ1v) is 12.2. The molecule has 0 aliphatic carbocycles. The summed E-state index contributed by atoms with van der Waals surface area (Å²) in [4.78, 5) is 50.0. The van der Waals surface area contributed by atoms with Crippen LogP contribution in [0.3, 0.4) is 0 Å². The number of nitro benzene ring substituents is 1. The minimum atomic E-state index is -0.741. The van der Waals surface area contributed by atoms with Crippen LogP contribution in [-0.2, 0) is 11.3 Å². The van der Waals surface area contributed by atoms with Crippen molar-refractivity contribution >= 4 is 40.8 Å². The molecule has 40 heavy (non-hydrogen) atoms. The number of hydrogen-bond donors (Lipinski definition) is 0. The number of fused-ring (bicyclic) bond motifs is 1. The molecule has 4 aromatic carbocycles. The van der Waals surface area contributed by atoms with Crippen LogP contribution in [0.15, 0.2) is 84.9 Å². The Morgan fingerprint density at radius 1 is 0.900 bits per heavy atom. The number of nitrogens with zero attached hydrogens (tertiary/aromatic N) is 2. The third-order valence-corrected chi connectivity index (χ3v) is 6.38. The molecule has 11 heteroatoms. The molecule has 2 amide bonds. The molecule has 1 aliphatic heterocycles. The van der Waals surface area contributed by atoms with Gasteiger partial charge in [-0.05, 0) is 48.0 Å². The molecular formula is C29H19ClN2O8. The lowest BCUT2D eigenvalue weighted by molar-refractivity contribution is -0.384. The maximum absolute atomic E-state index is 13.0. The second-order valence-electron chi connectivity index (χ2n) is 8.57. The number of anilines is 1. The Hall–Kier alpha value is -5.22. The van der Waals surface area contributed by atoms with Gasteiger partial charge in [0.15, 0.2) is 0 Å². The number of carbonyl (C=O) groups is 3. The van der Waals surface area contributed by atoms with E-state index in [1.54, 1.807) is 48.5 Å². The highest BCUT2D eigenvalue weighted by molar-refractivity contribution is 6.40. The van der Waals surface area contributed by atoms with Gasteiger partial charge in [-0.15, -0.1) is 0 Å². The van der Waals surface area contributed by atoms with E-state index >= 15 is 0 Å². The van der Waals surface area contributed by atoms with Crippen molar-refractivity contribution < 1.29 is 33.5 Å². The fraction of sp³-hybridized carbons (Fsp3) is 0.0690. The first-order chi connectivity index (χ1) is 19.3. The number of esters is 1. The van der Waals surface area contributed by atoms with Crippen LogP contribution in [0.25, 0.3) is 0 Å². The molecular weight excluding hydrogens is 540 g/mol. The molecule has 0 spiro atoms. The smallest absolute Gasteiger partial charge is 0.342 e. The number of nitro groups is 1. The van der Waals surface area contributed by atoms with Crippen molar-refractivity contribution in [3.63, 3.8) is 0 Å². The highest BCUT2D eigenvalue weighted by Crippen LogP contribution is 2.38. The van der Waals surface area contributed by atoms with Crippen LogP contribution in [0, 0.1) is 10.1 Å². The second-order valence-corrected chi connectivity index (χ2v) is 8.98. The third kappa shape index (κ3) is 5.07. The summed E-state index contributed by atoms with van der Waals surface area (Å²) in [6, 6.07) is 21.5. The molecule has 10 nitrogen and oxygen atoms in total. The Bertz CT molecular complexity index is 1630. The Morgan fingerprint density at radius 2 is 1.57 bits per heavy atom. The highest BCUT2D eigenvalue weighted by Gasteiger charge is 2.38. The fourth-order valence-electron chi connectivity index (χ4n) is 4.15. The summed E-state index contributed by atoms with van der Waals surface area (Å²) in [5, 5.41) is 10.8. The zero-order chi connectivity index (χ0) is 28.4. The Balaban J connectivity index is 1.30.